The van der Waals surface area contributed by atoms with Gasteiger partial charge in [-0.15, -0.1) is 0 Å². The number of hydrogen-bond acceptors (Lipinski definition) is 2. The van der Waals surface area contributed by atoms with Gasteiger partial charge in [-0.25, -0.2) is 0 Å². The molecule has 0 bridgehead atoms. The normalized spacial score (nSPS) is 16.8. The Hall–Kier alpha value is -2.29. The molecule has 1 unspecified atom stereocenters. The third kappa shape index (κ3) is 3.28. The second-order valence-corrected chi connectivity index (χ2v) is 7.06. The number of thiocarbonyl (C=S) groups is 1. The summed E-state index contributed by atoms with van der Waals surface area (Å²) in [5, 5.41) is 0.714. The molecule has 1 nitrogen and oxygen atoms in total. The first-order chi connectivity index (χ1) is 12.2. The Morgan fingerprint density at radius 3 is 2.28 bits per heavy atom. The van der Waals surface area contributed by atoms with Crippen molar-refractivity contribution >= 4 is 34.4 Å². The first-order valence-corrected chi connectivity index (χ1v) is 9.00. The molecule has 0 N–H and O–H groups in total. The minimum atomic E-state index is -0.127. The van der Waals surface area contributed by atoms with Crippen LogP contribution in [0.4, 0.5) is 0 Å². The molecule has 0 radical (unpaired) electrons. The van der Waals surface area contributed by atoms with Crippen LogP contribution in [0.2, 0.25) is 5.02 Å². The lowest BCUT2D eigenvalue weighted by atomic mass is 9.95. The molecule has 0 aliphatic carbocycles. The largest absolute Gasteiger partial charge is 0.271 e. The van der Waals surface area contributed by atoms with Gasteiger partial charge in [0.05, 0.1) is 5.71 Å². The van der Waals surface area contributed by atoms with Crippen LogP contribution in [0.15, 0.2) is 83.9 Å². The van der Waals surface area contributed by atoms with Crippen LogP contribution in [0.25, 0.3) is 0 Å². The molecule has 1 aliphatic heterocycles. The van der Waals surface area contributed by atoms with Gasteiger partial charge in [0.15, 0.2) is 0 Å². The Morgan fingerprint density at radius 1 is 0.880 bits per heavy atom. The maximum absolute atomic E-state index is 6.28. The van der Waals surface area contributed by atoms with E-state index < -0.39 is 0 Å². The SMILES string of the molecule is S=C1Cc2ccc(Cl)cc2C(c2ccccc2)=NC1c1ccccc1. The van der Waals surface area contributed by atoms with E-state index in [2.05, 4.69) is 30.3 Å². The predicted octanol–water partition coefficient (Wildman–Crippen LogP) is 5.84. The molecule has 3 aromatic rings. The maximum Gasteiger partial charge on any atom is 0.107 e. The van der Waals surface area contributed by atoms with Crippen molar-refractivity contribution in [1.82, 2.24) is 0 Å². The van der Waals surface area contributed by atoms with Crippen LogP contribution >= 0.6 is 23.8 Å². The molecule has 122 valence electrons. The van der Waals surface area contributed by atoms with Gasteiger partial charge in [0.2, 0.25) is 0 Å². The van der Waals surface area contributed by atoms with Crippen molar-refractivity contribution in [2.75, 3.05) is 0 Å². The lowest BCUT2D eigenvalue weighted by molar-refractivity contribution is 0.965. The molecule has 3 heteroatoms. The van der Waals surface area contributed by atoms with Crippen molar-refractivity contribution in [3.05, 3.63) is 106 Å². The summed E-state index contributed by atoms with van der Waals surface area (Å²) in [4.78, 5) is 6.03. The minimum Gasteiger partial charge on any atom is -0.271 e. The highest BCUT2D eigenvalue weighted by Gasteiger charge is 2.24. The Bertz CT molecular complexity index is 948. The van der Waals surface area contributed by atoms with Crippen molar-refractivity contribution in [3.63, 3.8) is 0 Å². The Labute approximate surface area is 158 Å². The van der Waals surface area contributed by atoms with E-state index in [-0.39, 0.29) is 6.04 Å². The zero-order valence-electron chi connectivity index (χ0n) is 13.5. The third-order valence-corrected chi connectivity index (χ3v) is 5.02. The second-order valence-electron chi connectivity index (χ2n) is 6.10. The van der Waals surface area contributed by atoms with Crippen LogP contribution in [-0.4, -0.2) is 10.6 Å². The Balaban J connectivity index is 1.94. The van der Waals surface area contributed by atoms with Crippen molar-refractivity contribution in [1.29, 1.82) is 0 Å². The molecular weight excluding hydrogens is 346 g/mol. The zero-order chi connectivity index (χ0) is 17.2. The van der Waals surface area contributed by atoms with E-state index in [0.717, 1.165) is 33.7 Å². The lowest BCUT2D eigenvalue weighted by Crippen LogP contribution is -2.10. The van der Waals surface area contributed by atoms with Gasteiger partial charge in [0.1, 0.15) is 6.04 Å². The molecule has 0 saturated heterocycles. The Kier molecular flexibility index (Phi) is 4.48. The monoisotopic (exact) mass is 361 g/mol. The van der Waals surface area contributed by atoms with E-state index in [0.29, 0.717) is 5.02 Å². The number of rotatable bonds is 2. The summed E-state index contributed by atoms with van der Waals surface area (Å²) in [6.45, 7) is 0. The number of aliphatic imine (C=N–C) groups is 1. The molecule has 25 heavy (non-hydrogen) atoms. The molecule has 1 atom stereocenters. The van der Waals surface area contributed by atoms with E-state index in [1.165, 1.54) is 5.56 Å². The number of hydrogen-bond donors (Lipinski definition) is 0. The second kappa shape index (κ2) is 6.91. The van der Waals surface area contributed by atoms with E-state index >= 15 is 0 Å². The number of benzene rings is 3. The van der Waals surface area contributed by atoms with E-state index in [1.807, 2.05) is 48.5 Å². The number of nitrogens with zero attached hydrogens (tertiary/aromatic N) is 1. The standard InChI is InChI=1S/C22H16ClNS/c23-18-12-11-17-13-20(25)22(16-9-5-2-6-10-16)24-21(19(17)14-18)15-7-3-1-4-8-15/h1-12,14,22H,13H2. The smallest absolute Gasteiger partial charge is 0.107 e. The van der Waals surface area contributed by atoms with Crippen LogP contribution in [0.1, 0.15) is 28.3 Å². The van der Waals surface area contributed by atoms with Crippen LogP contribution < -0.4 is 0 Å². The first-order valence-electron chi connectivity index (χ1n) is 8.22. The van der Waals surface area contributed by atoms with Gasteiger partial charge in [-0.2, -0.15) is 0 Å². The average molecular weight is 362 g/mol. The van der Waals surface area contributed by atoms with Gasteiger partial charge in [-0.05, 0) is 23.3 Å². The van der Waals surface area contributed by atoms with E-state index in [9.17, 15) is 0 Å². The quantitative estimate of drug-likeness (QED) is 0.522. The van der Waals surface area contributed by atoms with Gasteiger partial charge in [-0.3, -0.25) is 4.99 Å². The molecule has 0 amide bonds. The lowest BCUT2D eigenvalue weighted by Gasteiger charge is -2.13. The summed E-state index contributed by atoms with van der Waals surface area (Å²) >= 11 is 12.1. The highest BCUT2D eigenvalue weighted by atomic mass is 35.5. The van der Waals surface area contributed by atoms with Crippen LogP contribution in [0.5, 0.6) is 0 Å². The number of fused-ring (bicyclic) bond motifs is 1. The molecule has 0 spiro atoms. The minimum absolute atomic E-state index is 0.127. The van der Waals surface area contributed by atoms with Gasteiger partial charge < -0.3 is 0 Å². The van der Waals surface area contributed by atoms with Crippen molar-refractivity contribution in [3.8, 4) is 0 Å². The maximum atomic E-state index is 6.28. The summed E-state index contributed by atoms with van der Waals surface area (Å²) in [5.41, 5.74) is 5.40. The first kappa shape index (κ1) is 16.2. The summed E-state index contributed by atoms with van der Waals surface area (Å²) in [5.74, 6) is 0. The van der Waals surface area contributed by atoms with Crippen molar-refractivity contribution < 1.29 is 0 Å². The topological polar surface area (TPSA) is 12.4 Å². The van der Waals surface area contributed by atoms with Gasteiger partial charge in [0.25, 0.3) is 0 Å². The van der Waals surface area contributed by atoms with Crippen LogP contribution in [-0.2, 0) is 6.42 Å². The molecule has 1 aliphatic rings. The molecule has 0 aromatic heterocycles. The molecular formula is C22H16ClNS. The summed E-state index contributed by atoms with van der Waals surface area (Å²) < 4.78 is 0. The highest BCUT2D eigenvalue weighted by molar-refractivity contribution is 7.80. The van der Waals surface area contributed by atoms with Gasteiger partial charge in [0, 0.05) is 27.4 Å². The van der Waals surface area contributed by atoms with Crippen LogP contribution in [0, 0.1) is 0 Å². The highest BCUT2D eigenvalue weighted by Crippen LogP contribution is 2.31. The fourth-order valence-electron chi connectivity index (χ4n) is 3.20. The van der Waals surface area contributed by atoms with E-state index in [1.54, 1.807) is 0 Å². The molecule has 1 heterocycles. The van der Waals surface area contributed by atoms with Gasteiger partial charge >= 0.3 is 0 Å². The molecule has 0 saturated carbocycles. The van der Waals surface area contributed by atoms with Crippen molar-refractivity contribution in [2.45, 2.75) is 12.5 Å². The average Bonchev–Trinajstić information content (AvgIpc) is 2.79. The van der Waals surface area contributed by atoms with Crippen LogP contribution in [0.3, 0.4) is 0 Å². The van der Waals surface area contributed by atoms with Gasteiger partial charge in [-0.1, -0.05) is 90.5 Å². The van der Waals surface area contributed by atoms with E-state index in [4.69, 9.17) is 28.8 Å². The molecule has 4 rings (SSSR count). The zero-order valence-corrected chi connectivity index (χ0v) is 15.1. The predicted molar refractivity (Wildman–Crippen MR) is 109 cm³/mol. The summed E-state index contributed by atoms with van der Waals surface area (Å²) in [6, 6.07) is 26.4. The fourth-order valence-corrected chi connectivity index (χ4v) is 3.72. The number of halogens is 1. The molecule has 3 aromatic carbocycles. The summed E-state index contributed by atoms with van der Waals surface area (Å²) in [7, 11) is 0. The fraction of sp³-hybridized carbons (Fsp3) is 0.0909. The third-order valence-electron chi connectivity index (χ3n) is 4.42. The molecule has 0 fully saturated rings. The Morgan fingerprint density at radius 2 is 1.56 bits per heavy atom. The summed E-state index contributed by atoms with van der Waals surface area (Å²) in [6.07, 6.45) is 0.723. The van der Waals surface area contributed by atoms with Crippen molar-refractivity contribution in [2.24, 2.45) is 4.99 Å².